The van der Waals surface area contributed by atoms with Crippen molar-refractivity contribution >= 4 is 23.5 Å². The summed E-state index contributed by atoms with van der Waals surface area (Å²) >= 11 is 0. The van der Waals surface area contributed by atoms with Gasteiger partial charge in [-0.15, -0.1) is 0 Å². The first-order valence-electron chi connectivity index (χ1n) is 25.3. The fourth-order valence-corrected chi connectivity index (χ4v) is 7.21. The minimum atomic E-state index is 0.543. The second-order valence-corrected chi connectivity index (χ2v) is 17.4. The van der Waals surface area contributed by atoms with Gasteiger partial charge in [0.25, 0.3) is 0 Å². The van der Waals surface area contributed by atoms with E-state index in [-0.39, 0.29) is 0 Å². The van der Waals surface area contributed by atoms with E-state index in [9.17, 15) is 0 Å². The van der Waals surface area contributed by atoms with Crippen LogP contribution in [0.3, 0.4) is 0 Å². The van der Waals surface area contributed by atoms with Gasteiger partial charge < -0.3 is 4.90 Å². The van der Waals surface area contributed by atoms with E-state index in [4.69, 9.17) is 0 Å². The molecule has 358 valence electrons. The van der Waals surface area contributed by atoms with Gasteiger partial charge >= 0.3 is 0 Å². The fraction of sp³-hybridized carbons (Fsp3) is 0.265. The van der Waals surface area contributed by atoms with E-state index in [2.05, 4.69) is 230 Å². The molecule has 7 rings (SSSR count). The lowest BCUT2D eigenvalue weighted by Gasteiger charge is -2.22. The average Bonchev–Trinajstić information content (AvgIpc) is 3.39. The van der Waals surface area contributed by atoms with Crippen molar-refractivity contribution in [2.75, 3.05) is 11.4 Å². The number of aryl methyl sites for hydroxylation is 5. The first-order valence-corrected chi connectivity index (χ1v) is 25.3. The molecule has 0 spiro atoms. The number of unbranched alkanes of at least 4 members (excludes halogenated alkanes) is 2. The molecule has 0 radical (unpaired) electrons. The van der Waals surface area contributed by atoms with Gasteiger partial charge in [0.05, 0.1) is 5.69 Å². The van der Waals surface area contributed by atoms with Gasteiger partial charge in [0.2, 0.25) is 0 Å². The molecule has 0 heterocycles. The Morgan fingerprint density at radius 1 is 0.478 bits per heavy atom. The summed E-state index contributed by atoms with van der Waals surface area (Å²) in [4.78, 5) is 2.20. The molecule has 1 heteroatoms. The lowest BCUT2D eigenvalue weighted by atomic mass is 9.87. The summed E-state index contributed by atoms with van der Waals surface area (Å²) in [6.07, 6.45) is 24.0. The highest BCUT2D eigenvalue weighted by Gasteiger charge is 2.13. The average molecular weight is 912 g/mol. The van der Waals surface area contributed by atoms with E-state index < -0.39 is 0 Å². The standard InChI is InChI=1S/C20H19N.C19H24.C14H20.C8H10.C7H8/c1-3-4-5-6-10-17-21(19-11-8-7-9-12-19)20-15-13-18(2)14-16-20;1-3-8-16-12-14-18(15-13-16)19(9-4-2)17-10-6-5-7-11-17;1-3-5-7-13-9-11-14(12-10-13)8-6-4-2;1-7-3-5-8(2)6-4-7;1-7-5-3-2-4-6-7/h3-13,15H,1,17H2,2H3;5-7,10-15,19H,3-4,8-9H2,1-2H3;7-12H,3-6H2,1-2H3;3-6H,1-2H3;2-6H,1H3/b5-4-,10-6-;;;;. The van der Waals surface area contributed by atoms with Crippen LogP contribution in [0, 0.1) is 39.8 Å². The molecule has 0 fully saturated rings. The monoisotopic (exact) mass is 912 g/mol. The van der Waals surface area contributed by atoms with E-state index in [0.29, 0.717) is 5.92 Å². The molecule has 1 unspecified atom stereocenters. The quantitative estimate of drug-likeness (QED) is 0.0873. The third kappa shape index (κ3) is 24.1. The highest BCUT2D eigenvalue weighted by molar-refractivity contribution is 5.62. The van der Waals surface area contributed by atoms with Crippen LogP contribution in [-0.4, -0.2) is 6.54 Å². The van der Waals surface area contributed by atoms with Crippen molar-refractivity contribution in [1.29, 1.82) is 0 Å². The number of hydrogen-bond acceptors (Lipinski definition) is 1. The Labute approximate surface area is 420 Å². The second-order valence-electron chi connectivity index (χ2n) is 17.4. The minimum Gasteiger partial charge on any atom is -0.331 e. The third-order valence-electron chi connectivity index (χ3n) is 11.2. The molecule has 0 amide bonds. The Balaban J connectivity index is 0.000000241. The lowest BCUT2D eigenvalue weighted by Crippen LogP contribution is -2.16. The number of benzene rings is 6. The van der Waals surface area contributed by atoms with Gasteiger partial charge in [-0.2, -0.15) is 0 Å². The molecule has 0 saturated heterocycles. The molecule has 7 aromatic rings. The molecular weight excluding hydrogens is 831 g/mol. The molecule has 0 saturated carbocycles. The smallest absolute Gasteiger partial charge is 0.0930 e. The van der Waals surface area contributed by atoms with Crippen molar-refractivity contribution in [3.8, 4) is 0 Å². The van der Waals surface area contributed by atoms with Crippen LogP contribution < -0.4 is 15.3 Å². The van der Waals surface area contributed by atoms with Crippen LogP contribution >= 0.6 is 0 Å². The molecule has 0 bridgehead atoms. The molecule has 69 heavy (non-hydrogen) atoms. The molecule has 0 aliphatic heterocycles. The van der Waals surface area contributed by atoms with Gasteiger partial charge in [-0.3, -0.25) is 0 Å². The SMILES string of the molecule is C=C/C=C\C=C/CN(c1c#cc(C)cc1)c1ccccc1.CCCC=c1ccc(=CCCC)cc1.CCCc1ccc(C(CCC)c2ccccc2)cc1.Cc1ccc(C)cc1.Cc1ccccc1. The van der Waals surface area contributed by atoms with E-state index in [1.165, 1.54) is 95.2 Å². The zero-order valence-corrected chi connectivity index (χ0v) is 43.4. The third-order valence-corrected chi connectivity index (χ3v) is 11.2. The van der Waals surface area contributed by atoms with Crippen molar-refractivity contribution in [2.45, 2.75) is 113 Å². The van der Waals surface area contributed by atoms with Crippen molar-refractivity contribution in [3.05, 3.63) is 274 Å². The molecule has 0 N–H and O–H groups in total. The van der Waals surface area contributed by atoms with E-state index in [1.54, 1.807) is 6.08 Å². The van der Waals surface area contributed by atoms with Gasteiger partial charge in [-0.25, -0.2) is 0 Å². The molecule has 0 aromatic heterocycles. The largest absolute Gasteiger partial charge is 0.331 e. The van der Waals surface area contributed by atoms with Crippen LogP contribution in [0.15, 0.2) is 213 Å². The summed E-state index contributed by atoms with van der Waals surface area (Å²) in [5, 5.41) is 2.70. The van der Waals surface area contributed by atoms with Crippen molar-refractivity contribution in [3.63, 3.8) is 0 Å². The highest BCUT2D eigenvalue weighted by atomic mass is 15.1. The van der Waals surface area contributed by atoms with Crippen LogP contribution in [0.25, 0.3) is 12.2 Å². The highest BCUT2D eigenvalue weighted by Crippen LogP contribution is 2.29. The zero-order chi connectivity index (χ0) is 49.7. The Kier molecular flexibility index (Phi) is 28.9. The number of hydrogen-bond donors (Lipinski definition) is 0. The predicted molar refractivity (Wildman–Crippen MR) is 306 cm³/mol. The Morgan fingerprint density at radius 3 is 1.43 bits per heavy atom. The Morgan fingerprint density at radius 2 is 0.986 bits per heavy atom. The van der Waals surface area contributed by atoms with Crippen LogP contribution in [-0.2, 0) is 6.42 Å². The topological polar surface area (TPSA) is 3.24 Å². The van der Waals surface area contributed by atoms with Gasteiger partial charge in [-0.05, 0) is 116 Å². The summed E-state index contributed by atoms with van der Waals surface area (Å²) in [7, 11) is 0. The molecule has 1 atom stereocenters. The zero-order valence-electron chi connectivity index (χ0n) is 43.4. The maximum Gasteiger partial charge on any atom is 0.0930 e. The maximum atomic E-state index is 3.66. The molecular formula is C68H81N. The predicted octanol–water partition coefficient (Wildman–Crippen LogP) is 17.7. The van der Waals surface area contributed by atoms with Crippen molar-refractivity contribution in [1.82, 2.24) is 0 Å². The number of allylic oxidation sites excluding steroid dienone is 4. The van der Waals surface area contributed by atoms with Crippen molar-refractivity contribution in [2.24, 2.45) is 0 Å². The molecule has 0 aliphatic carbocycles. The van der Waals surface area contributed by atoms with Crippen molar-refractivity contribution < 1.29 is 0 Å². The number of para-hydroxylation sites is 1. The van der Waals surface area contributed by atoms with Crippen LogP contribution in [0.1, 0.15) is 118 Å². The van der Waals surface area contributed by atoms with E-state index in [1.807, 2.05) is 61.5 Å². The Hall–Kier alpha value is -6.88. The second kappa shape index (κ2) is 35.3. The fourth-order valence-electron chi connectivity index (χ4n) is 7.21. The summed E-state index contributed by atoms with van der Waals surface area (Å²) in [6, 6.07) is 68.5. The van der Waals surface area contributed by atoms with E-state index >= 15 is 0 Å². The van der Waals surface area contributed by atoms with Crippen LogP contribution in [0.5, 0.6) is 0 Å². The molecule has 1 nitrogen and oxygen atoms in total. The van der Waals surface area contributed by atoms with Crippen LogP contribution in [0.4, 0.5) is 11.4 Å². The van der Waals surface area contributed by atoms with Gasteiger partial charge in [0.1, 0.15) is 0 Å². The minimum absolute atomic E-state index is 0.543. The van der Waals surface area contributed by atoms with Gasteiger partial charge in [-0.1, -0.05) is 277 Å². The normalized spacial score (nSPS) is 10.6. The summed E-state index contributed by atoms with van der Waals surface area (Å²) in [6.45, 7) is 21.6. The lowest BCUT2D eigenvalue weighted by molar-refractivity contribution is 0.698. The summed E-state index contributed by atoms with van der Waals surface area (Å²) < 4.78 is 0. The number of nitrogens with zero attached hydrogens (tertiary/aromatic N) is 1. The first-order chi connectivity index (χ1) is 33.7. The molecule has 0 aliphatic rings. The van der Waals surface area contributed by atoms with Gasteiger partial charge in [0, 0.05) is 18.2 Å². The van der Waals surface area contributed by atoms with Gasteiger partial charge in [0.15, 0.2) is 0 Å². The molecule has 7 aromatic carbocycles. The Bertz CT molecular complexity index is 2450. The number of anilines is 2. The summed E-state index contributed by atoms with van der Waals surface area (Å²) in [5.41, 5.74) is 11.6. The van der Waals surface area contributed by atoms with E-state index in [0.717, 1.165) is 23.5 Å². The van der Waals surface area contributed by atoms with Crippen LogP contribution in [0.2, 0.25) is 0 Å². The summed E-state index contributed by atoms with van der Waals surface area (Å²) in [5.74, 6) is 0.543. The number of rotatable bonds is 16. The maximum absolute atomic E-state index is 3.66. The first kappa shape index (κ1) is 56.4.